The van der Waals surface area contributed by atoms with Crippen LogP contribution in [0.25, 0.3) is 0 Å². The van der Waals surface area contributed by atoms with Gasteiger partial charge in [-0.15, -0.1) is 0 Å². The van der Waals surface area contributed by atoms with Gasteiger partial charge in [0.05, 0.1) is 13.2 Å². The molecule has 1 unspecified atom stereocenters. The number of hydrogen-bond donors (Lipinski definition) is 1. The summed E-state index contributed by atoms with van der Waals surface area (Å²) in [5.41, 5.74) is 0. The molecule has 0 spiro atoms. The van der Waals surface area contributed by atoms with Crippen LogP contribution in [0.4, 0.5) is 17.8 Å². The Balaban J connectivity index is 2.24. The van der Waals surface area contributed by atoms with Gasteiger partial charge >= 0.3 is 0 Å². The van der Waals surface area contributed by atoms with Crippen molar-refractivity contribution in [3.05, 3.63) is 0 Å². The van der Waals surface area contributed by atoms with Gasteiger partial charge in [0.1, 0.15) is 0 Å². The Hall–Kier alpha value is -1.28. The first kappa shape index (κ1) is 16.1. The zero-order chi connectivity index (χ0) is 15.2. The monoisotopic (exact) mass is 312 g/mol. The highest BCUT2D eigenvalue weighted by molar-refractivity contribution is 7.98. The summed E-state index contributed by atoms with van der Waals surface area (Å²) in [4.78, 5) is 17.8. The molecule has 0 amide bonds. The van der Waals surface area contributed by atoms with Gasteiger partial charge in [-0.3, -0.25) is 0 Å². The molecule has 118 valence electrons. The molecule has 1 aromatic heterocycles. The Bertz CT molecular complexity index is 454. The average molecular weight is 312 g/mol. The first-order chi connectivity index (χ1) is 10.2. The van der Waals surface area contributed by atoms with Crippen LogP contribution in [0, 0.1) is 0 Å². The maximum absolute atomic E-state index is 5.38. The number of nitrogens with one attached hydrogen (secondary N) is 1. The lowest BCUT2D eigenvalue weighted by Crippen LogP contribution is -2.38. The second-order valence-corrected chi connectivity index (χ2v) is 5.93. The van der Waals surface area contributed by atoms with E-state index in [1.165, 1.54) is 0 Å². The number of ether oxygens (including phenoxy) is 1. The summed E-state index contributed by atoms with van der Waals surface area (Å²) >= 11 is 1.82. The van der Waals surface area contributed by atoms with Gasteiger partial charge in [0.15, 0.2) is 0 Å². The van der Waals surface area contributed by atoms with Gasteiger partial charge in [-0.1, -0.05) is 0 Å². The molecule has 2 rings (SSSR count). The van der Waals surface area contributed by atoms with Crippen molar-refractivity contribution in [2.45, 2.75) is 13.0 Å². The van der Waals surface area contributed by atoms with Gasteiger partial charge in [-0.05, 0) is 13.2 Å². The van der Waals surface area contributed by atoms with Gasteiger partial charge < -0.3 is 19.9 Å². The number of anilines is 3. The lowest BCUT2D eigenvalue weighted by atomic mass is 10.3. The third kappa shape index (κ3) is 4.10. The van der Waals surface area contributed by atoms with Crippen molar-refractivity contribution in [1.29, 1.82) is 0 Å². The molecule has 1 aliphatic heterocycles. The quantitative estimate of drug-likeness (QED) is 0.832. The summed E-state index contributed by atoms with van der Waals surface area (Å²) in [6.45, 7) is 5.24. The molecular weight excluding hydrogens is 288 g/mol. The lowest BCUT2D eigenvalue weighted by Gasteiger charge is -2.29. The van der Waals surface area contributed by atoms with Crippen LogP contribution in [-0.4, -0.2) is 73.4 Å². The molecule has 1 atom stereocenters. The van der Waals surface area contributed by atoms with Crippen LogP contribution in [0.1, 0.15) is 6.92 Å². The van der Waals surface area contributed by atoms with Crippen molar-refractivity contribution >= 4 is 29.6 Å². The fourth-order valence-electron chi connectivity index (χ4n) is 2.08. The molecule has 1 saturated heterocycles. The van der Waals surface area contributed by atoms with Gasteiger partial charge in [0.2, 0.25) is 17.8 Å². The predicted octanol–water partition coefficient (Wildman–Crippen LogP) is 0.938. The normalized spacial score (nSPS) is 16.7. The molecule has 8 heteroatoms. The minimum Gasteiger partial charge on any atom is -0.378 e. The summed E-state index contributed by atoms with van der Waals surface area (Å²) in [6.07, 6.45) is 2.11. The van der Waals surface area contributed by atoms with Crippen molar-refractivity contribution in [2.24, 2.45) is 0 Å². The summed E-state index contributed by atoms with van der Waals surface area (Å²) in [5.74, 6) is 3.06. The molecule has 0 aromatic carbocycles. The molecule has 0 aliphatic carbocycles. The Labute approximate surface area is 130 Å². The Morgan fingerprint density at radius 1 is 1.33 bits per heavy atom. The summed E-state index contributed by atoms with van der Waals surface area (Å²) in [5, 5.41) is 3.02. The van der Waals surface area contributed by atoms with E-state index in [1.807, 2.05) is 25.9 Å². The van der Waals surface area contributed by atoms with Crippen LogP contribution < -0.4 is 15.1 Å². The molecule has 1 aliphatic rings. The molecular formula is C13H24N6OS. The van der Waals surface area contributed by atoms with E-state index in [-0.39, 0.29) is 0 Å². The van der Waals surface area contributed by atoms with Crippen LogP contribution in [0.15, 0.2) is 0 Å². The second kappa shape index (κ2) is 7.65. The summed E-state index contributed by atoms with van der Waals surface area (Å²) in [6, 6.07) is 0.365. The minimum absolute atomic E-state index is 0.365. The number of thioether (sulfide) groups is 1. The fraction of sp³-hybridized carbons (Fsp3) is 0.769. The molecule has 1 aromatic rings. The maximum Gasteiger partial charge on any atom is 0.232 e. The first-order valence-electron chi connectivity index (χ1n) is 7.14. The highest BCUT2D eigenvalue weighted by atomic mass is 32.2. The molecule has 0 radical (unpaired) electrons. The van der Waals surface area contributed by atoms with E-state index in [1.54, 1.807) is 0 Å². The molecule has 1 fully saturated rings. The van der Waals surface area contributed by atoms with Crippen molar-refractivity contribution in [1.82, 2.24) is 15.0 Å². The van der Waals surface area contributed by atoms with E-state index < -0.39 is 0 Å². The first-order valence-corrected chi connectivity index (χ1v) is 8.53. The Morgan fingerprint density at radius 3 is 2.67 bits per heavy atom. The van der Waals surface area contributed by atoms with Gasteiger partial charge in [-0.25, -0.2) is 0 Å². The molecule has 0 bridgehead atoms. The third-order valence-electron chi connectivity index (χ3n) is 3.51. The molecule has 21 heavy (non-hydrogen) atoms. The predicted molar refractivity (Wildman–Crippen MR) is 88.7 cm³/mol. The summed E-state index contributed by atoms with van der Waals surface area (Å²) in [7, 11) is 3.85. The molecule has 7 nitrogen and oxygen atoms in total. The maximum atomic E-state index is 5.38. The van der Waals surface area contributed by atoms with Crippen LogP contribution in [0.3, 0.4) is 0 Å². The van der Waals surface area contributed by atoms with E-state index in [9.17, 15) is 0 Å². The zero-order valence-corrected chi connectivity index (χ0v) is 14.0. The number of aromatic nitrogens is 3. The zero-order valence-electron chi connectivity index (χ0n) is 13.2. The fourth-order valence-corrected chi connectivity index (χ4v) is 2.78. The Morgan fingerprint density at radius 2 is 2.05 bits per heavy atom. The van der Waals surface area contributed by atoms with Crippen LogP contribution in [0.2, 0.25) is 0 Å². The molecule has 2 heterocycles. The van der Waals surface area contributed by atoms with E-state index in [4.69, 9.17) is 4.74 Å². The molecule has 0 saturated carbocycles. The van der Waals surface area contributed by atoms with Crippen molar-refractivity contribution < 1.29 is 4.74 Å². The summed E-state index contributed by atoms with van der Waals surface area (Å²) < 4.78 is 5.38. The Kier molecular flexibility index (Phi) is 5.86. The lowest BCUT2D eigenvalue weighted by molar-refractivity contribution is 0.122. The van der Waals surface area contributed by atoms with E-state index in [0.29, 0.717) is 31.2 Å². The van der Waals surface area contributed by atoms with Gasteiger partial charge in [0, 0.05) is 39.0 Å². The molecule has 1 N–H and O–H groups in total. The number of rotatable bonds is 6. The highest BCUT2D eigenvalue weighted by Gasteiger charge is 2.19. The van der Waals surface area contributed by atoms with Crippen molar-refractivity contribution in [3.63, 3.8) is 0 Å². The van der Waals surface area contributed by atoms with E-state index >= 15 is 0 Å². The van der Waals surface area contributed by atoms with Crippen molar-refractivity contribution in [3.8, 4) is 0 Å². The van der Waals surface area contributed by atoms with E-state index in [2.05, 4.69) is 43.2 Å². The van der Waals surface area contributed by atoms with Crippen LogP contribution in [0.5, 0.6) is 0 Å². The highest BCUT2D eigenvalue weighted by Crippen LogP contribution is 2.19. The minimum atomic E-state index is 0.365. The van der Waals surface area contributed by atoms with E-state index in [0.717, 1.165) is 24.8 Å². The van der Waals surface area contributed by atoms with Gasteiger partial charge in [-0.2, -0.15) is 26.7 Å². The van der Waals surface area contributed by atoms with Crippen LogP contribution >= 0.6 is 11.8 Å². The number of hydrogen-bond acceptors (Lipinski definition) is 8. The van der Waals surface area contributed by atoms with Crippen LogP contribution in [-0.2, 0) is 4.74 Å². The SMILES string of the molecule is CNc1nc(N2CCOCC2)nc(N(C)C(C)CSC)n1. The topological polar surface area (TPSA) is 66.4 Å². The number of nitrogens with zero attached hydrogens (tertiary/aromatic N) is 5. The largest absolute Gasteiger partial charge is 0.378 e. The third-order valence-corrected chi connectivity index (χ3v) is 4.33. The number of morpholine rings is 1. The average Bonchev–Trinajstić information content (AvgIpc) is 2.54. The second-order valence-electron chi connectivity index (χ2n) is 5.02. The smallest absolute Gasteiger partial charge is 0.232 e. The van der Waals surface area contributed by atoms with Gasteiger partial charge in [0.25, 0.3) is 0 Å². The van der Waals surface area contributed by atoms with Crippen molar-refractivity contribution in [2.75, 3.05) is 67.5 Å². The standard InChI is InChI=1S/C13H24N6OS/c1-10(9-21-4)18(3)12-15-11(14-2)16-13(17-12)19-5-7-20-8-6-19/h10H,5-9H2,1-4H3,(H,14,15,16,17).